The van der Waals surface area contributed by atoms with Gasteiger partial charge in [-0.15, -0.1) is 0 Å². The number of alkyl carbamates (subject to hydrolysis) is 1. The number of nitrogens with one attached hydrogen (secondary N) is 1. The molecule has 8 atom stereocenters. The summed E-state index contributed by atoms with van der Waals surface area (Å²) in [5.74, 6) is -15.4. The molecule has 2 saturated carbocycles. The molecule has 0 aliphatic heterocycles. The van der Waals surface area contributed by atoms with E-state index in [0.29, 0.717) is 5.56 Å². The number of hydrogen-bond acceptors (Lipinski definition) is 12. The van der Waals surface area contributed by atoms with E-state index in [-0.39, 0.29) is 5.56 Å². The minimum atomic E-state index is -3.15. The standard InChI is InChI=1S/C29H35N3O11/c1-11-12-8-7-9-13(33)16(12)21(35)17-15(11)23(42-14(34)10-31-27(40)43-28(2,3)4)19-20(32(5)6)22(36)18(26(30)39)25(38)29(19,41)24(17)37/h7-9,11,15,17-20,23,33,41H,10H2,1-6H3,(H2,30,39)(H,31,40)/t11-,15+,17?,18?,19+,20-,23-,29-/m1/s1. The Hall–Kier alpha value is -4.17. The second kappa shape index (κ2) is 10.8. The summed E-state index contributed by atoms with van der Waals surface area (Å²) in [7, 11) is 2.80. The van der Waals surface area contributed by atoms with Gasteiger partial charge in [0.25, 0.3) is 0 Å². The number of ether oxygens (including phenoxy) is 2. The third-order valence-electron chi connectivity index (χ3n) is 8.37. The number of esters is 1. The number of amides is 2. The van der Waals surface area contributed by atoms with Crippen molar-refractivity contribution >= 4 is 41.1 Å². The largest absolute Gasteiger partial charge is 0.507 e. The summed E-state index contributed by atoms with van der Waals surface area (Å²) in [5.41, 5.74) is 1.47. The molecule has 43 heavy (non-hydrogen) atoms. The normalized spacial score (nSPS) is 32.0. The molecule has 0 aromatic heterocycles. The Morgan fingerprint density at radius 1 is 1.09 bits per heavy atom. The van der Waals surface area contributed by atoms with Crippen molar-refractivity contribution in [3.05, 3.63) is 29.3 Å². The number of Topliss-reactive ketones (excluding diaryl/α,β-unsaturated/α-hetero) is 4. The van der Waals surface area contributed by atoms with Gasteiger partial charge in [-0.3, -0.25) is 33.7 Å². The lowest BCUT2D eigenvalue weighted by Gasteiger charge is -2.56. The van der Waals surface area contributed by atoms with Gasteiger partial charge in [0.1, 0.15) is 24.0 Å². The zero-order valence-corrected chi connectivity index (χ0v) is 24.6. The monoisotopic (exact) mass is 601 g/mol. The number of rotatable bonds is 5. The lowest BCUT2D eigenvalue weighted by atomic mass is 9.49. The van der Waals surface area contributed by atoms with Crippen molar-refractivity contribution in [3.63, 3.8) is 0 Å². The van der Waals surface area contributed by atoms with E-state index >= 15 is 0 Å². The van der Waals surface area contributed by atoms with Crippen LogP contribution in [0.2, 0.25) is 0 Å². The zero-order chi connectivity index (χ0) is 32.3. The first-order chi connectivity index (χ1) is 19.8. The smallest absolute Gasteiger partial charge is 0.408 e. The molecule has 5 N–H and O–H groups in total. The highest BCUT2D eigenvalue weighted by molar-refractivity contribution is 6.32. The SMILES string of the molecule is C[C@@H]1c2cccc(O)c2C(=O)C2C(=O)[C@@]3(O)C(=O)C(C(N)=O)C(=O)[C@H](N(C)C)[C@H]3[C@H](OC(=O)CNC(=O)OC(C)(C)C)[C@H]21. The first-order valence-electron chi connectivity index (χ1n) is 13.7. The maximum Gasteiger partial charge on any atom is 0.408 e. The molecule has 1 aromatic rings. The summed E-state index contributed by atoms with van der Waals surface area (Å²) in [5, 5.41) is 24.8. The number of hydrogen-bond donors (Lipinski definition) is 4. The van der Waals surface area contributed by atoms with Crippen LogP contribution in [0, 0.1) is 23.7 Å². The second-order valence-electron chi connectivity index (χ2n) is 12.4. The average molecular weight is 602 g/mol. The van der Waals surface area contributed by atoms with E-state index in [1.807, 2.05) is 0 Å². The molecular weight excluding hydrogens is 566 g/mol. The van der Waals surface area contributed by atoms with Crippen LogP contribution >= 0.6 is 0 Å². The highest BCUT2D eigenvalue weighted by Gasteiger charge is 2.74. The third-order valence-corrected chi connectivity index (χ3v) is 8.37. The first-order valence-corrected chi connectivity index (χ1v) is 13.7. The van der Waals surface area contributed by atoms with Crippen LogP contribution < -0.4 is 11.1 Å². The highest BCUT2D eigenvalue weighted by atomic mass is 16.6. The Morgan fingerprint density at radius 2 is 1.72 bits per heavy atom. The molecule has 4 rings (SSSR count). The highest BCUT2D eigenvalue weighted by Crippen LogP contribution is 2.55. The number of carbonyl (C=O) groups excluding carboxylic acids is 7. The molecule has 0 heterocycles. The predicted octanol–water partition coefficient (Wildman–Crippen LogP) is -0.526. The number of phenols is 1. The van der Waals surface area contributed by atoms with Crippen LogP contribution in [0.3, 0.4) is 0 Å². The Balaban J connectivity index is 1.87. The molecule has 2 unspecified atom stereocenters. The summed E-state index contributed by atoms with van der Waals surface area (Å²) in [6.45, 7) is 5.71. The molecule has 14 heteroatoms. The maximum atomic E-state index is 14.2. The zero-order valence-electron chi connectivity index (χ0n) is 24.6. The molecule has 3 aliphatic carbocycles. The summed E-state index contributed by atoms with van der Waals surface area (Å²) < 4.78 is 10.9. The van der Waals surface area contributed by atoms with Crippen molar-refractivity contribution < 1.29 is 53.2 Å². The van der Waals surface area contributed by atoms with Gasteiger partial charge in [0.2, 0.25) is 5.91 Å². The van der Waals surface area contributed by atoms with Crippen molar-refractivity contribution in [3.8, 4) is 5.75 Å². The first kappa shape index (κ1) is 31.8. The Labute approximate surface area is 246 Å². The van der Waals surface area contributed by atoms with E-state index in [4.69, 9.17) is 15.2 Å². The number of carbonyl (C=O) groups is 7. The number of aliphatic hydroxyl groups is 1. The number of likely N-dealkylation sites (N-methyl/N-ethyl adjacent to an activating group) is 1. The van der Waals surface area contributed by atoms with Crippen molar-refractivity contribution in [1.82, 2.24) is 10.2 Å². The van der Waals surface area contributed by atoms with Crippen LogP contribution in [0.5, 0.6) is 5.75 Å². The number of ketones is 4. The topological polar surface area (TPSA) is 220 Å². The fourth-order valence-electron chi connectivity index (χ4n) is 6.72. The molecule has 0 bridgehead atoms. The minimum Gasteiger partial charge on any atom is -0.507 e. The van der Waals surface area contributed by atoms with Crippen molar-refractivity contribution in [1.29, 1.82) is 0 Å². The van der Waals surface area contributed by atoms with Crippen molar-refractivity contribution in [2.75, 3.05) is 20.6 Å². The quantitative estimate of drug-likeness (QED) is 0.247. The van der Waals surface area contributed by atoms with Crippen LogP contribution in [0.1, 0.15) is 49.5 Å². The number of benzene rings is 1. The fourth-order valence-corrected chi connectivity index (χ4v) is 6.72. The molecule has 1 aromatic carbocycles. The lowest BCUT2D eigenvalue weighted by molar-refractivity contribution is -0.205. The number of fused-ring (bicyclic) bond motifs is 3. The van der Waals surface area contributed by atoms with Gasteiger partial charge in [0.05, 0.1) is 23.4 Å². The second-order valence-corrected chi connectivity index (χ2v) is 12.4. The van der Waals surface area contributed by atoms with Crippen LogP contribution in [0.25, 0.3) is 0 Å². The van der Waals surface area contributed by atoms with E-state index in [2.05, 4.69) is 5.32 Å². The van der Waals surface area contributed by atoms with Crippen molar-refractivity contribution in [2.24, 2.45) is 29.4 Å². The number of phenolic OH excluding ortho intramolecular Hbond substituents is 1. The van der Waals surface area contributed by atoms with E-state index in [0.717, 1.165) is 0 Å². The Bertz CT molecular complexity index is 1430. The van der Waals surface area contributed by atoms with Crippen LogP contribution in [-0.4, -0.2) is 100 Å². The lowest BCUT2D eigenvalue weighted by Crippen LogP contribution is -2.78. The van der Waals surface area contributed by atoms with Crippen LogP contribution in [0.15, 0.2) is 18.2 Å². The molecule has 14 nitrogen and oxygen atoms in total. The van der Waals surface area contributed by atoms with Gasteiger partial charge in [0, 0.05) is 5.92 Å². The molecule has 0 saturated heterocycles. The number of nitrogens with zero attached hydrogens (tertiary/aromatic N) is 1. The number of aromatic hydroxyl groups is 1. The van der Waals surface area contributed by atoms with Gasteiger partial charge in [-0.2, -0.15) is 0 Å². The predicted molar refractivity (Wildman–Crippen MR) is 146 cm³/mol. The summed E-state index contributed by atoms with van der Waals surface area (Å²) >= 11 is 0. The number of nitrogens with two attached hydrogens (primary N) is 1. The molecule has 2 amide bonds. The Kier molecular flexibility index (Phi) is 8.00. The van der Waals surface area contributed by atoms with Gasteiger partial charge >= 0.3 is 12.1 Å². The molecule has 3 aliphatic rings. The summed E-state index contributed by atoms with van der Waals surface area (Å²) in [6.07, 6.45) is -2.58. The summed E-state index contributed by atoms with van der Waals surface area (Å²) in [6, 6.07) is 2.74. The van der Waals surface area contributed by atoms with Gasteiger partial charge in [-0.1, -0.05) is 19.1 Å². The van der Waals surface area contributed by atoms with Gasteiger partial charge in [-0.25, -0.2) is 4.79 Å². The van der Waals surface area contributed by atoms with Crippen LogP contribution in [0.4, 0.5) is 4.79 Å². The van der Waals surface area contributed by atoms with Crippen molar-refractivity contribution in [2.45, 2.75) is 57.0 Å². The molecular formula is C29H35N3O11. The van der Waals surface area contributed by atoms with E-state index in [1.165, 1.54) is 31.1 Å². The minimum absolute atomic E-state index is 0.196. The molecule has 232 valence electrons. The van der Waals surface area contributed by atoms with Gasteiger partial charge in [0.15, 0.2) is 34.7 Å². The average Bonchev–Trinajstić information content (AvgIpc) is 2.87. The third kappa shape index (κ3) is 5.07. The Morgan fingerprint density at radius 3 is 2.28 bits per heavy atom. The van der Waals surface area contributed by atoms with Crippen LogP contribution in [-0.2, 0) is 33.4 Å². The molecule has 0 radical (unpaired) electrons. The number of primary amides is 1. The van der Waals surface area contributed by atoms with E-state index < -0.39 is 106 Å². The van der Waals surface area contributed by atoms with Gasteiger partial charge in [-0.05, 0) is 52.4 Å². The van der Waals surface area contributed by atoms with E-state index in [1.54, 1.807) is 33.8 Å². The molecule has 0 spiro atoms. The maximum absolute atomic E-state index is 14.2. The molecule has 2 fully saturated rings. The summed E-state index contributed by atoms with van der Waals surface area (Å²) in [4.78, 5) is 94.1. The van der Waals surface area contributed by atoms with Gasteiger partial charge < -0.3 is 30.7 Å². The van der Waals surface area contributed by atoms with E-state index in [9.17, 15) is 43.8 Å². The fraction of sp³-hybridized carbons (Fsp3) is 0.552.